The first-order valence-corrected chi connectivity index (χ1v) is 7.09. The molecule has 4 nitrogen and oxygen atoms in total. The van der Waals surface area contributed by atoms with Crippen molar-refractivity contribution < 1.29 is 9.53 Å². The highest BCUT2D eigenvalue weighted by Crippen LogP contribution is 2.24. The van der Waals surface area contributed by atoms with Crippen LogP contribution in [-0.2, 0) is 11.3 Å². The molecule has 2 rings (SSSR count). The molecule has 1 amide bonds. The molecule has 0 spiro atoms. The number of hydrogen-bond acceptors (Lipinski definition) is 4. The van der Waals surface area contributed by atoms with Crippen molar-refractivity contribution in [1.82, 2.24) is 10.2 Å². The average molecular weight is 319 g/mol. The molecular weight excluding hydrogens is 304 g/mol. The van der Waals surface area contributed by atoms with Crippen molar-refractivity contribution >= 4 is 33.4 Å². The third-order valence-corrected chi connectivity index (χ3v) is 4.40. The van der Waals surface area contributed by atoms with Gasteiger partial charge in [0.05, 0.1) is 10.9 Å². The van der Waals surface area contributed by atoms with Crippen LogP contribution < -0.4 is 5.32 Å². The third-order valence-electron chi connectivity index (χ3n) is 2.79. The number of thiophene rings is 1. The maximum absolute atomic E-state index is 11.1. The fraction of sp³-hybridized carbons (Fsp3) is 0.545. The van der Waals surface area contributed by atoms with E-state index in [9.17, 15) is 4.79 Å². The number of methoxy groups -OCH3 is 1. The topological polar surface area (TPSA) is 41.6 Å². The fourth-order valence-electron chi connectivity index (χ4n) is 1.98. The van der Waals surface area contributed by atoms with Gasteiger partial charge in [0.2, 0.25) is 0 Å². The van der Waals surface area contributed by atoms with Gasteiger partial charge in [-0.3, -0.25) is 4.90 Å². The fourth-order valence-corrected chi connectivity index (χ4v) is 3.50. The Bertz CT molecular complexity index is 397. The van der Waals surface area contributed by atoms with Crippen molar-refractivity contribution in [3.05, 3.63) is 20.8 Å². The van der Waals surface area contributed by atoms with Gasteiger partial charge in [0.1, 0.15) is 0 Å². The molecule has 1 saturated heterocycles. The lowest BCUT2D eigenvalue weighted by Crippen LogP contribution is -2.36. The van der Waals surface area contributed by atoms with Crippen LogP contribution in [0.2, 0.25) is 0 Å². The van der Waals surface area contributed by atoms with Crippen LogP contribution in [-0.4, -0.2) is 37.2 Å². The number of ether oxygens (including phenoxy) is 1. The number of hydrogen-bond donors (Lipinski definition) is 1. The molecule has 1 aliphatic heterocycles. The summed E-state index contributed by atoms with van der Waals surface area (Å²) in [6.07, 6.45) is 0.650. The van der Waals surface area contributed by atoms with Gasteiger partial charge in [-0.15, -0.1) is 11.3 Å². The van der Waals surface area contributed by atoms with Crippen molar-refractivity contribution in [1.29, 1.82) is 0 Å². The Labute approximate surface area is 113 Å². The van der Waals surface area contributed by atoms with Crippen LogP contribution in [0.25, 0.3) is 0 Å². The highest BCUT2D eigenvalue weighted by Gasteiger charge is 2.24. The largest absolute Gasteiger partial charge is 0.453 e. The van der Waals surface area contributed by atoms with Gasteiger partial charge in [-0.05, 0) is 34.5 Å². The molecule has 1 unspecified atom stereocenters. The zero-order chi connectivity index (χ0) is 12.3. The van der Waals surface area contributed by atoms with E-state index < -0.39 is 0 Å². The minimum atomic E-state index is -0.337. The number of likely N-dealkylation sites (tertiary alicyclic amines) is 1. The van der Waals surface area contributed by atoms with E-state index in [1.54, 1.807) is 11.3 Å². The second-order valence-corrected chi connectivity index (χ2v) is 6.61. The molecule has 1 fully saturated rings. The Morgan fingerprint density at radius 1 is 1.71 bits per heavy atom. The van der Waals surface area contributed by atoms with E-state index in [4.69, 9.17) is 0 Å². The van der Waals surface area contributed by atoms with E-state index in [1.807, 2.05) is 0 Å². The molecule has 0 saturated carbocycles. The van der Waals surface area contributed by atoms with Crippen molar-refractivity contribution in [2.45, 2.75) is 19.0 Å². The van der Waals surface area contributed by atoms with Crippen LogP contribution in [0.5, 0.6) is 0 Å². The maximum Gasteiger partial charge on any atom is 0.407 e. The van der Waals surface area contributed by atoms with Crippen LogP contribution in [0.15, 0.2) is 15.9 Å². The van der Waals surface area contributed by atoms with Gasteiger partial charge in [-0.25, -0.2) is 4.79 Å². The molecule has 0 aliphatic carbocycles. The van der Waals surface area contributed by atoms with Gasteiger partial charge < -0.3 is 10.1 Å². The van der Waals surface area contributed by atoms with Gasteiger partial charge in [0, 0.05) is 30.6 Å². The monoisotopic (exact) mass is 318 g/mol. The normalized spacial score (nSPS) is 20.5. The van der Waals surface area contributed by atoms with Crippen molar-refractivity contribution in [2.24, 2.45) is 0 Å². The van der Waals surface area contributed by atoms with E-state index in [1.165, 1.54) is 12.0 Å². The summed E-state index contributed by atoms with van der Waals surface area (Å²) in [4.78, 5) is 14.8. The summed E-state index contributed by atoms with van der Waals surface area (Å²) in [7, 11) is 1.39. The SMILES string of the molecule is COC(=O)NC1CCN(Cc2ccc(Br)s2)C1. The molecule has 0 aromatic carbocycles. The molecule has 94 valence electrons. The first-order chi connectivity index (χ1) is 8.17. The number of halogens is 1. The summed E-state index contributed by atoms with van der Waals surface area (Å²) in [5, 5.41) is 2.84. The molecule has 17 heavy (non-hydrogen) atoms. The summed E-state index contributed by atoms with van der Waals surface area (Å²) in [6.45, 7) is 2.87. The Morgan fingerprint density at radius 2 is 2.53 bits per heavy atom. The molecule has 6 heteroatoms. The number of amides is 1. The third kappa shape index (κ3) is 3.69. The highest BCUT2D eigenvalue weighted by atomic mass is 79.9. The van der Waals surface area contributed by atoms with E-state index >= 15 is 0 Å². The van der Waals surface area contributed by atoms with Gasteiger partial charge in [0.25, 0.3) is 0 Å². The summed E-state index contributed by atoms with van der Waals surface area (Å²) >= 11 is 5.22. The molecule has 1 aliphatic rings. The lowest BCUT2D eigenvalue weighted by Gasteiger charge is -2.15. The molecule has 1 N–H and O–H groups in total. The second-order valence-electron chi connectivity index (χ2n) is 4.06. The molecule has 0 radical (unpaired) electrons. The van der Waals surface area contributed by atoms with E-state index in [0.717, 1.165) is 29.8 Å². The zero-order valence-corrected chi connectivity index (χ0v) is 12.0. The summed E-state index contributed by atoms with van der Waals surface area (Å²) in [5.41, 5.74) is 0. The van der Waals surface area contributed by atoms with Crippen molar-refractivity contribution in [3.63, 3.8) is 0 Å². The molecular formula is C11H15BrN2O2S. The van der Waals surface area contributed by atoms with Gasteiger partial charge in [-0.2, -0.15) is 0 Å². The second kappa shape index (κ2) is 5.84. The standard InChI is InChI=1S/C11H15BrN2O2S/c1-16-11(15)13-8-4-5-14(6-8)7-9-2-3-10(12)17-9/h2-3,8H,4-7H2,1H3,(H,13,15). The lowest BCUT2D eigenvalue weighted by atomic mass is 10.3. The van der Waals surface area contributed by atoms with Crippen molar-refractivity contribution in [3.8, 4) is 0 Å². The Hall–Kier alpha value is -0.590. The van der Waals surface area contributed by atoms with E-state index in [-0.39, 0.29) is 12.1 Å². The van der Waals surface area contributed by atoms with E-state index in [2.05, 4.69) is 43.0 Å². The number of rotatable bonds is 3. The summed E-state index contributed by atoms with van der Waals surface area (Å²) in [5.74, 6) is 0. The predicted molar refractivity (Wildman–Crippen MR) is 71.2 cm³/mol. The van der Waals surface area contributed by atoms with Crippen LogP contribution in [0, 0.1) is 0 Å². The van der Waals surface area contributed by atoms with Crippen LogP contribution in [0.4, 0.5) is 4.79 Å². The van der Waals surface area contributed by atoms with Gasteiger partial charge in [0.15, 0.2) is 0 Å². The zero-order valence-electron chi connectivity index (χ0n) is 9.61. The average Bonchev–Trinajstić information content (AvgIpc) is 2.89. The molecule has 0 bridgehead atoms. The Balaban J connectivity index is 1.80. The number of carbonyl (C=O) groups excluding carboxylic acids is 1. The van der Waals surface area contributed by atoms with Gasteiger partial charge >= 0.3 is 6.09 Å². The quantitative estimate of drug-likeness (QED) is 0.930. The number of alkyl carbamates (subject to hydrolysis) is 1. The minimum absolute atomic E-state index is 0.214. The predicted octanol–water partition coefficient (Wildman–Crippen LogP) is 2.44. The molecule has 1 aromatic heterocycles. The molecule has 1 aromatic rings. The van der Waals surface area contributed by atoms with Crippen LogP contribution >= 0.6 is 27.3 Å². The van der Waals surface area contributed by atoms with Crippen LogP contribution in [0.1, 0.15) is 11.3 Å². The van der Waals surface area contributed by atoms with Crippen LogP contribution in [0.3, 0.4) is 0 Å². The maximum atomic E-state index is 11.1. The Kier molecular flexibility index (Phi) is 4.42. The number of nitrogens with one attached hydrogen (secondary N) is 1. The van der Waals surface area contributed by atoms with Gasteiger partial charge in [-0.1, -0.05) is 0 Å². The number of nitrogens with zero attached hydrogens (tertiary/aromatic N) is 1. The first-order valence-electron chi connectivity index (χ1n) is 5.48. The summed E-state index contributed by atoms with van der Waals surface area (Å²) < 4.78 is 5.76. The molecule has 2 heterocycles. The van der Waals surface area contributed by atoms with Crippen molar-refractivity contribution in [2.75, 3.05) is 20.2 Å². The summed E-state index contributed by atoms with van der Waals surface area (Å²) in [6, 6.07) is 4.42. The lowest BCUT2D eigenvalue weighted by molar-refractivity contribution is 0.166. The smallest absolute Gasteiger partial charge is 0.407 e. The minimum Gasteiger partial charge on any atom is -0.453 e. The highest BCUT2D eigenvalue weighted by molar-refractivity contribution is 9.11. The first kappa shape index (κ1) is 12.9. The number of carbonyl (C=O) groups is 1. The Morgan fingerprint density at radius 3 is 3.18 bits per heavy atom. The molecule has 1 atom stereocenters. The van der Waals surface area contributed by atoms with E-state index in [0.29, 0.717) is 0 Å².